The molecule has 1 N–H and O–H groups in total. The zero-order valence-corrected chi connectivity index (χ0v) is 21.8. The molecule has 0 bridgehead atoms. The predicted molar refractivity (Wildman–Crippen MR) is 141 cm³/mol. The van der Waals surface area contributed by atoms with Gasteiger partial charge in [0.2, 0.25) is 11.8 Å². The zero-order chi connectivity index (χ0) is 26.0. The molecule has 0 aliphatic carbocycles. The highest BCUT2D eigenvalue weighted by Crippen LogP contribution is 2.33. The first-order chi connectivity index (χ1) is 17.8. The van der Waals surface area contributed by atoms with Gasteiger partial charge in [0, 0.05) is 23.0 Å². The van der Waals surface area contributed by atoms with Gasteiger partial charge in [-0.25, -0.2) is 8.42 Å². The van der Waals surface area contributed by atoms with Crippen LogP contribution in [0.25, 0.3) is 11.5 Å². The van der Waals surface area contributed by atoms with Crippen molar-refractivity contribution in [1.82, 2.24) is 10.2 Å². The molecule has 4 aromatic rings. The van der Waals surface area contributed by atoms with Crippen LogP contribution in [0.2, 0.25) is 0 Å². The molecule has 1 aliphatic heterocycles. The summed E-state index contributed by atoms with van der Waals surface area (Å²) >= 11 is 1.19. The van der Waals surface area contributed by atoms with Crippen molar-refractivity contribution in [2.24, 2.45) is 0 Å². The van der Waals surface area contributed by atoms with E-state index in [1.807, 2.05) is 36.1 Å². The van der Waals surface area contributed by atoms with Crippen LogP contribution in [-0.2, 0) is 21.2 Å². The van der Waals surface area contributed by atoms with E-state index in [0.29, 0.717) is 17.0 Å². The lowest BCUT2D eigenvalue weighted by Gasteiger charge is -2.22. The van der Waals surface area contributed by atoms with E-state index in [1.54, 1.807) is 36.4 Å². The quantitative estimate of drug-likeness (QED) is 0.325. The number of amides is 1. The van der Waals surface area contributed by atoms with Gasteiger partial charge >= 0.3 is 0 Å². The standard InChI is InChI=1S/C26H24N4O5S2/c1-17-15-19-5-3-4-6-23(19)30(17)24(31)16-36-26-28-27-25(35-26)18-7-9-20(10-8-18)29-37(32,33)22-13-11-21(34-2)12-14-22/h3-14,17,29H,15-16H2,1-2H3. The summed E-state index contributed by atoms with van der Waals surface area (Å²) in [5, 5.41) is 8.40. The van der Waals surface area contributed by atoms with Gasteiger partial charge in [-0.1, -0.05) is 30.0 Å². The molecule has 0 fully saturated rings. The van der Waals surface area contributed by atoms with Gasteiger partial charge in [0.1, 0.15) is 5.75 Å². The van der Waals surface area contributed by atoms with Crippen LogP contribution in [0, 0.1) is 0 Å². The first-order valence-electron chi connectivity index (χ1n) is 11.5. The number of rotatable bonds is 8. The van der Waals surface area contributed by atoms with Crippen LogP contribution >= 0.6 is 11.8 Å². The first-order valence-corrected chi connectivity index (χ1v) is 13.9. The van der Waals surface area contributed by atoms with E-state index in [4.69, 9.17) is 9.15 Å². The number of benzene rings is 3. The Labute approximate surface area is 218 Å². The van der Waals surface area contributed by atoms with Gasteiger partial charge in [-0.2, -0.15) is 0 Å². The van der Waals surface area contributed by atoms with Crippen LogP contribution in [-0.4, -0.2) is 43.4 Å². The third-order valence-corrected chi connectivity index (χ3v) is 8.16. The fourth-order valence-corrected chi connectivity index (χ4v) is 5.85. The van der Waals surface area contributed by atoms with Crippen molar-refractivity contribution in [3.8, 4) is 17.2 Å². The Kier molecular flexibility index (Phi) is 6.90. The van der Waals surface area contributed by atoms with E-state index in [9.17, 15) is 13.2 Å². The molecule has 3 aromatic carbocycles. The molecule has 190 valence electrons. The summed E-state index contributed by atoms with van der Waals surface area (Å²) in [5.41, 5.74) is 3.14. The fraction of sp³-hybridized carbons (Fsp3) is 0.192. The molecular weight excluding hydrogens is 512 g/mol. The smallest absolute Gasteiger partial charge is 0.277 e. The summed E-state index contributed by atoms with van der Waals surface area (Å²) < 4.78 is 38.6. The normalized spacial score (nSPS) is 14.9. The van der Waals surface area contributed by atoms with Crippen LogP contribution < -0.4 is 14.4 Å². The number of ether oxygens (including phenoxy) is 1. The van der Waals surface area contributed by atoms with Gasteiger partial charge in [-0.3, -0.25) is 9.52 Å². The van der Waals surface area contributed by atoms with Gasteiger partial charge in [0.05, 0.1) is 17.8 Å². The third-order valence-electron chi connectivity index (χ3n) is 5.96. The number of nitrogens with zero attached hydrogens (tertiary/aromatic N) is 3. The zero-order valence-electron chi connectivity index (χ0n) is 20.1. The Balaban J connectivity index is 1.21. The Bertz CT molecular complexity index is 1520. The number of carbonyl (C=O) groups is 1. The Morgan fingerprint density at radius 3 is 2.54 bits per heavy atom. The number of para-hydroxylation sites is 1. The van der Waals surface area contributed by atoms with Crippen molar-refractivity contribution in [2.75, 3.05) is 22.5 Å². The van der Waals surface area contributed by atoms with Crippen LogP contribution in [0.5, 0.6) is 5.75 Å². The number of carbonyl (C=O) groups excluding carboxylic acids is 1. The van der Waals surface area contributed by atoms with E-state index in [1.165, 1.54) is 36.6 Å². The highest BCUT2D eigenvalue weighted by atomic mass is 32.2. The summed E-state index contributed by atoms with van der Waals surface area (Å²) in [6, 6.07) is 20.7. The molecule has 2 heterocycles. The van der Waals surface area contributed by atoms with E-state index in [-0.39, 0.29) is 33.7 Å². The summed E-state index contributed by atoms with van der Waals surface area (Å²) in [6.45, 7) is 2.04. The van der Waals surface area contributed by atoms with E-state index >= 15 is 0 Å². The van der Waals surface area contributed by atoms with E-state index in [0.717, 1.165) is 12.1 Å². The molecule has 37 heavy (non-hydrogen) atoms. The van der Waals surface area contributed by atoms with Crippen molar-refractivity contribution < 1.29 is 22.4 Å². The minimum atomic E-state index is -3.75. The second-order valence-electron chi connectivity index (χ2n) is 8.47. The SMILES string of the molecule is COc1ccc(S(=O)(=O)Nc2ccc(-c3nnc(SCC(=O)N4c5ccccc5CC4C)o3)cc2)cc1. The maximum Gasteiger partial charge on any atom is 0.277 e. The van der Waals surface area contributed by atoms with Crippen molar-refractivity contribution in [3.63, 3.8) is 0 Å². The topological polar surface area (TPSA) is 115 Å². The number of anilines is 2. The lowest BCUT2D eigenvalue weighted by molar-refractivity contribution is -0.116. The maximum atomic E-state index is 12.9. The molecule has 0 saturated heterocycles. The summed E-state index contributed by atoms with van der Waals surface area (Å²) in [6.07, 6.45) is 0.837. The van der Waals surface area contributed by atoms with Crippen LogP contribution in [0.1, 0.15) is 12.5 Å². The predicted octanol–water partition coefficient (Wildman–Crippen LogP) is 4.62. The molecule has 1 atom stereocenters. The molecule has 1 amide bonds. The molecule has 0 radical (unpaired) electrons. The van der Waals surface area contributed by atoms with E-state index < -0.39 is 10.0 Å². The van der Waals surface area contributed by atoms with Crippen molar-refractivity contribution >= 4 is 39.1 Å². The first kappa shape index (κ1) is 24.8. The minimum Gasteiger partial charge on any atom is -0.497 e. The minimum absolute atomic E-state index is 0.0179. The lowest BCUT2D eigenvalue weighted by Crippen LogP contribution is -2.36. The van der Waals surface area contributed by atoms with Gasteiger partial charge in [0.15, 0.2) is 0 Å². The van der Waals surface area contributed by atoms with Crippen LogP contribution in [0.4, 0.5) is 11.4 Å². The Hall–Kier alpha value is -3.83. The van der Waals surface area contributed by atoms with Gasteiger partial charge in [-0.15, -0.1) is 10.2 Å². The van der Waals surface area contributed by atoms with Crippen molar-refractivity contribution in [1.29, 1.82) is 0 Å². The number of hydrogen-bond acceptors (Lipinski definition) is 8. The molecule has 9 nitrogen and oxygen atoms in total. The Morgan fingerprint density at radius 2 is 1.81 bits per heavy atom. The number of hydrogen-bond donors (Lipinski definition) is 1. The summed E-state index contributed by atoms with van der Waals surface area (Å²) in [4.78, 5) is 14.9. The number of sulfonamides is 1. The number of aromatic nitrogens is 2. The molecule has 11 heteroatoms. The molecule has 0 saturated carbocycles. The molecule has 0 spiro atoms. The number of methoxy groups -OCH3 is 1. The van der Waals surface area contributed by atoms with Crippen LogP contribution in [0.15, 0.2) is 87.3 Å². The third kappa shape index (κ3) is 5.32. The van der Waals surface area contributed by atoms with Gasteiger partial charge in [0.25, 0.3) is 15.2 Å². The average Bonchev–Trinajstić information content (AvgIpc) is 3.51. The maximum absolute atomic E-state index is 12.9. The largest absolute Gasteiger partial charge is 0.497 e. The monoisotopic (exact) mass is 536 g/mol. The molecular formula is C26H24N4O5S2. The molecule has 1 unspecified atom stereocenters. The second-order valence-corrected chi connectivity index (χ2v) is 11.1. The summed E-state index contributed by atoms with van der Waals surface area (Å²) in [7, 11) is -2.24. The number of thioether (sulfide) groups is 1. The number of nitrogens with one attached hydrogen (secondary N) is 1. The Morgan fingerprint density at radius 1 is 1.08 bits per heavy atom. The molecule has 1 aromatic heterocycles. The highest BCUT2D eigenvalue weighted by molar-refractivity contribution is 7.99. The fourth-order valence-electron chi connectivity index (χ4n) is 4.17. The van der Waals surface area contributed by atoms with Crippen molar-refractivity contribution in [2.45, 2.75) is 29.5 Å². The second kappa shape index (κ2) is 10.3. The number of fused-ring (bicyclic) bond motifs is 1. The molecule has 5 rings (SSSR count). The van der Waals surface area contributed by atoms with Crippen molar-refractivity contribution in [3.05, 3.63) is 78.4 Å². The average molecular weight is 537 g/mol. The lowest BCUT2D eigenvalue weighted by atomic mass is 10.1. The van der Waals surface area contributed by atoms with Crippen LogP contribution in [0.3, 0.4) is 0 Å². The highest BCUT2D eigenvalue weighted by Gasteiger charge is 2.30. The van der Waals surface area contributed by atoms with Gasteiger partial charge in [-0.05, 0) is 73.5 Å². The van der Waals surface area contributed by atoms with E-state index in [2.05, 4.69) is 14.9 Å². The van der Waals surface area contributed by atoms with Gasteiger partial charge < -0.3 is 14.1 Å². The summed E-state index contributed by atoms with van der Waals surface area (Å²) in [5.74, 6) is 1.00. The molecule has 1 aliphatic rings.